The van der Waals surface area contributed by atoms with E-state index in [-0.39, 0.29) is 43.5 Å². The number of halogens is 1. The maximum atomic E-state index is 13.9. The molecule has 28 heavy (non-hydrogen) atoms. The van der Waals surface area contributed by atoms with Gasteiger partial charge in [-0.25, -0.2) is 9.07 Å². The average Bonchev–Trinajstić information content (AvgIpc) is 3.18. The molecule has 0 N–H and O–H groups in total. The molecule has 0 bridgehead atoms. The molecule has 2 heterocycles. The molecule has 1 aliphatic rings. The molecule has 3 rings (SSSR count). The monoisotopic (exact) mass is 409 g/mol. The van der Waals surface area contributed by atoms with Crippen molar-refractivity contribution < 1.29 is 17.6 Å². The maximum absolute atomic E-state index is 13.9. The van der Waals surface area contributed by atoms with Crippen molar-refractivity contribution in [3.63, 3.8) is 0 Å². The number of aromatic nitrogens is 2. The van der Waals surface area contributed by atoms with E-state index < -0.39 is 16.0 Å². The molecule has 1 aromatic heterocycles. The lowest BCUT2D eigenvalue weighted by Crippen LogP contribution is -2.54. The molecule has 0 aliphatic carbocycles. The van der Waals surface area contributed by atoms with E-state index in [0.717, 1.165) is 0 Å². The number of nitrogens with zero attached hydrogens (tertiary/aromatic N) is 5. The van der Waals surface area contributed by atoms with Crippen molar-refractivity contribution in [3.8, 4) is 5.69 Å². The van der Waals surface area contributed by atoms with Crippen molar-refractivity contribution >= 4 is 16.1 Å². The Balaban J connectivity index is 1.67. The smallest absolute Gasteiger partial charge is 0.282 e. The largest absolute Gasteiger partial charge is 0.335 e. The fourth-order valence-corrected chi connectivity index (χ4v) is 4.81. The predicted molar refractivity (Wildman–Crippen MR) is 103 cm³/mol. The molecule has 1 aliphatic heterocycles. The highest BCUT2D eigenvalue weighted by Gasteiger charge is 2.32. The lowest BCUT2D eigenvalue weighted by Gasteiger charge is -2.36. The van der Waals surface area contributed by atoms with Crippen LogP contribution in [-0.4, -0.2) is 76.9 Å². The van der Waals surface area contributed by atoms with Crippen LogP contribution in [0, 0.1) is 5.82 Å². The summed E-state index contributed by atoms with van der Waals surface area (Å²) in [6, 6.07) is 7.71. The standard InChI is InChI=1S/C18H24FN5O3S/c1-3-22(4-2)28(26,27)23-13-11-21(12-14-23)18(25)16-9-10-24(20-16)17-8-6-5-7-15(17)19/h5-10H,3-4,11-14H2,1-2H3. The minimum atomic E-state index is -3.51. The Morgan fingerprint density at radius 1 is 1.11 bits per heavy atom. The van der Waals surface area contributed by atoms with Gasteiger partial charge in [0.1, 0.15) is 11.5 Å². The molecule has 2 aromatic rings. The first kappa shape index (κ1) is 20.4. The summed E-state index contributed by atoms with van der Waals surface area (Å²) in [5.74, 6) is -0.727. The summed E-state index contributed by atoms with van der Waals surface area (Å²) >= 11 is 0. The van der Waals surface area contributed by atoms with Crippen molar-refractivity contribution in [2.45, 2.75) is 13.8 Å². The molecule has 1 aromatic carbocycles. The van der Waals surface area contributed by atoms with E-state index in [9.17, 15) is 17.6 Å². The minimum Gasteiger partial charge on any atom is -0.335 e. The Kier molecular flexibility index (Phi) is 6.11. The van der Waals surface area contributed by atoms with Crippen molar-refractivity contribution in [3.05, 3.63) is 48.0 Å². The Bertz CT molecular complexity index is 934. The number of carbonyl (C=O) groups is 1. The molecule has 1 fully saturated rings. The zero-order valence-electron chi connectivity index (χ0n) is 16.0. The molecular weight excluding hydrogens is 385 g/mol. The minimum absolute atomic E-state index is 0.198. The molecule has 1 amide bonds. The molecule has 0 spiro atoms. The van der Waals surface area contributed by atoms with Gasteiger partial charge >= 0.3 is 0 Å². The van der Waals surface area contributed by atoms with Gasteiger partial charge in [-0.1, -0.05) is 26.0 Å². The van der Waals surface area contributed by atoms with Crippen LogP contribution < -0.4 is 0 Å². The van der Waals surface area contributed by atoms with Gasteiger partial charge < -0.3 is 4.90 Å². The number of amides is 1. The zero-order chi connectivity index (χ0) is 20.3. The third kappa shape index (κ3) is 3.94. The van der Waals surface area contributed by atoms with Crippen LogP contribution in [0.3, 0.4) is 0 Å². The summed E-state index contributed by atoms with van der Waals surface area (Å²) in [6.45, 7) is 5.45. The summed E-state index contributed by atoms with van der Waals surface area (Å²) in [5, 5.41) is 4.18. The fourth-order valence-electron chi connectivity index (χ4n) is 3.21. The fraction of sp³-hybridized carbons (Fsp3) is 0.444. The van der Waals surface area contributed by atoms with E-state index in [1.54, 1.807) is 36.9 Å². The molecule has 0 radical (unpaired) electrons. The molecule has 152 valence electrons. The normalized spacial score (nSPS) is 15.9. The third-order valence-electron chi connectivity index (χ3n) is 4.79. The quantitative estimate of drug-likeness (QED) is 0.722. The van der Waals surface area contributed by atoms with Crippen LogP contribution in [0.25, 0.3) is 5.69 Å². The molecule has 1 saturated heterocycles. The van der Waals surface area contributed by atoms with Gasteiger partial charge in [0.25, 0.3) is 16.1 Å². The van der Waals surface area contributed by atoms with E-state index in [1.807, 2.05) is 0 Å². The van der Waals surface area contributed by atoms with E-state index in [2.05, 4.69) is 5.10 Å². The van der Waals surface area contributed by atoms with Gasteiger partial charge in [0.15, 0.2) is 5.69 Å². The zero-order valence-corrected chi connectivity index (χ0v) is 16.8. The first-order valence-corrected chi connectivity index (χ1v) is 10.6. The van der Waals surface area contributed by atoms with Crippen LogP contribution in [0.1, 0.15) is 24.3 Å². The van der Waals surface area contributed by atoms with E-state index in [4.69, 9.17) is 0 Å². The first-order valence-electron chi connectivity index (χ1n) is 9.23. The van der Waals surface area contributed by atoms with Crippen LogP contribution >= 0.6 is 0 Å². The van der Waals surface area contributed by atoms with Crippen LogP contribution in [0.4, 0.5) is 4.39 Å². The van der Waals surface area contributed by atoms with Gasteiger partial charge in [-0.2, -0.15) is 22.1 Å². The number of benzene rings is 1. The van der Waals surface area contributed by atoms with Gasteiger partial charge in [-0.05, 0) is 18.2 Å². The Hall–Kier alpha value is -2.30. The summed E-state index contributed by atoms with van der Waals surface area (Å²) < 4.78 is 43.2. The molecule has 10 heteroatoms. The molecule has 0 saturated carbocycles. The second-order valence-corrected chi connectivity index (χ2v) is 8.31. The number of para-hydroxylation sites is 1. The summed E-state index contributed by atoms with van der Waals surface area (Å²) in [5.41, 5.74) is 0.458. The molecule has 0 unspecified atom stereocenters. The van der Waals surface area contributed by atoms with Gasteiger partial charge in [0.05, 0.1) is 0 Å². The Labute approximate surface area is 164 Å². The lowest BCUT2D eigenvalue weighted by molar-refractivity contribution is 0.0687. The number of hydrogen-bond donors (Lipinski definition) is 0. The van der Waals surface area contributed by atoms with Crippen molar-refractivity contribution in [2.24, 2.45) is 0 Å². The maximum Gasteiger partial charge on any atom is 0.282 e. The highest BCUT2D eigenvalue weighted by molar-refractivity contribution is 7.86. The van der Waals surface area contributed by atoms with Crippen molar-refractivity contribution in [1.29, 1.82) is 0 Å². The van der Waals surface area contributed by atoms with Crippen molar-refractivity contribution in [2.75, 3.05) is 39.3 Å². The van der Waals surface area contributed by atoms with E-state index >= 15 is 0 Å². The third-order valence-corrected chi connectivity index (χ3v) is 6.98. The molecular formula is C18H24FN5O3S. The molecule has 0 atom stereocenters. The van der Waals surface area contributed by atoms with Gasteiger partial charge in [-0.3, -0.25) is 4.79 Å². The van der Waals surface area contributed by atoms with Crippen molar-refractivity contribution in [1.82, 2.24) is 23.3 Å². The summed E-state index contributed by atoms with van der Waals surface area (Å²) in [6.07, 6.45) is 1.53. The SMILES string of the molecule is CCN(CC)S(=O)(=O)N1CCN(C(=O)c2ccn(-c3ccccc3F)n2)CC1. The second-order valence-electron chi connectivity index (χ2n) is 6.38. The first-order chi connectivity index (χ1) is 13.4. The average molecular weight is 409 g/mol. The summed E-state index contributed by atoms with van der Waals surface area (Å²) in [4.78, 5) is 14.3. The van der Waals surface area contributed by atoms with E-state index in [0.29, 0.717) is 13.1 Å². The van der Waals surface area contributed by atoms with Gasteiger partial charge in [0, 0.05) is 45.5 Å². The highest BCUT2D eigenvalue weighted by atomic mass is 32.2. The predicted octanol–water partition coefficient (Wildman–Crippen LogP) is 1.36. The molecule has 8 nitrogen and oxygen atoms in total. The van der Waals surface area contributed by atoms with Gasteiger partial charge in [-0.15, -0.1) is 0 Å². The van der Waals surface area contributed by atoms with Crippen LogP contribution in [0.2, 0.25) is 0 Å². The number of rotatable bonds is 6. The summed E-state index contributed by atoms with van der Waals surface area (Å²) in [7, 11) is -3.51. The Morgan fingerprint density at radius 3 is 2.36 bits per heavy atom. The van der Waals surface area contributed by atoms with Crippen LogP contribution in [0.15, 0.2) is 36.5 Å². The van der Waals surface area contributed by atoms with Gasteiger partial charge in [0.2, 0.25) is 0 Å². The number of carbonyl (C=O) groups excluding carboxylic acids is 1. The Morgan fingerprint density at radius 2 is 1.75 bits per heavy atom. The number of hydrogen-bond acceptors (Lipinski definition) is 4. The topological polar surface area (TPSA) is 78.8 Å². The second kappa shape index (κ2) is 8.38. The lowest BCUT2D eigenvalue weighted by atomic mass is 10.3. The van der Waals surface area contributed by atoms with E-state index in [1.165, 1.54) is 31.6 Å². The number of piperazine rings is 1. The van der Waals surface area contributed by atoms with Crippen LogP contribution in [-0.2, 0) is 10.2 Å². The highest BCUT2D eigenvalue weighted by Crippen LogP contribution is 2.16. The van der Waals surface area contributed by atoms with Crippen LogP contribution in [0.5, 0.6) is 0 Å².